The Hall–Kier alpha value is -0.760. The van der Waals surface area contributed by atoms with Crippen LogP contribution in [-0.2, 0) is 6.54 Å². The summed E-state index contributed by atoms with van der Waals surface area (Å²) in [5, 5.41) is 3.61. The van der Waals surface area contributed by atoms with E-state index in [1.807, 2.05) is 12.1 Å². The molecule has 2 atom stereocenters. The fourth-order valence-corrected chi connectivity index (χ4v) is 3.18. The molecule has 0 amide bonds. The summed E-state index contributed by atoms with van der Waals surface area (Å²) >= 11 is 0. The first-order valence-corrected chi connectivity index (χ1v) is 6.69. The molecule has 2 saturated carbocycles. The van der Waals surface area contributed by atoms with Crippen molar-refractivity contribution in [2.75, 3.05) is 0 Å². The minimum absolute atomic E-state index is 0.771. The summed E-state index contributed by atoms with van der Waals surface area (Å²) in [4.78, 5) is 0. The van der Waals surface area contributed by atoms with Gasteiger partial charge in [0.05, 0.1) is 12.8 Å². The maximum absolute atomic E-state index is 5.33. The zero-order valence-corrected chi connectivity index (χ0v) is 9.82. The third kappa shape index (κ3) is 2.32. The molecule has 0 aliphatic heterocycles. The molecule has 1 aromatic heterocycles. The van der Waals surface area contributed by atoms with E-state index in [4.69, 9.17) is 4.42 Å². The molecule has 0 radical (unpaired) electrons. The molecule has 3 rings (SSSR count). The molecule has 1 aromatic rings. The lowest BCUT2D eigenvalue weighted by Gasteiger charge is -2.21. The first-order chi connectivity index (χ1) is 7.93. The minimum atomic E-state index is 0.771. The Morgan fingerprint density at radius 1 is 1.25 bits per heavy atom. The normalized spacial score (nSPS) is 30.5. The largest absolute Gasteiger partial charge is 0.468 e. The van der Waals surface area contributed by atoms with E-state index < -0.39 is 0 Å². The molecule has 1 N–H and O–H groups in total. The van der Waals surface area contributed by atoms with Gasteiger partial charge in [-0.1, -0.05) is 32.1 Å². The molecule has 0 bridgehead atoms. The van der Waals surface area contributed by atoms with E-state index in [-0.39, 0.29) is 0 Å². The number of nitrogens with one attached hydrogen (secondary N) is 1. The maximum atomic E-state index is 5.33. The second kappa shape index (κ2) is 4.62. The van der Waals surface area contributed by atoms with Gasteiger partial charge in [-0.05, 0) is 30.4 Å². The van der Waals surface area contributed by atoms with Crippen molar-refractivity contribution in [1.82, 2.24) is 5.32 Å². The van der Waals surface area contributed by atoms with E-state index in [0.717, 1.165) is 30.2 Å². The van der Waals surface area contributed by atoms with Crippen LogP contribution in [0.4, 0.5) is 0 Å². The van der Waals surface area contributed by atoms with Crippen LogP contribution >= 0.6 is 0 Å². The topological polar surface area (TPSA) is 25.2 Å². The van der Waals surface area contributed by atoms with Gasteiger partial charge in [0.1, 0.15) is 5.76 Å². The molecule has 2 unspecified atom stereocenters. The van der Waals surface area contributed by atoms with Crippen molar-refractivity contribution in [1.29, 1.82) is 0 Å². The molecule has 1 heterocycles. The fourth-order valence-electron chi connectivity index (χ4n) is 3.18. The second-order valence-corrected chi connectivity index (χ2v) is 5.36. The van der Waals surface area contributed by atoms with Crippen LogP contribution in [0.3, 0.4) is 0 Å². The van der Waals surface area contributed by atoms with Gasteiger partial charge in [0.15, 0.2) is 0 Å². The van der Waals surface area contributed by atoms with Gasteiger partial charge in [-0.15, -0.1) is 0 Å². The second-order valence-electron chi connectivity index (χ2n) is 5.36. The Balaban J connectivity index is 1.42. The van der Waals surface area contributed by atoms with Gasteiger partial charge in [-0.2, -0.15) is 0 Å². The van der Waals surface area contributed by atoms with Crippen LogP contribution in [0.25, 0.3) is 0 Å². The highest BCUT2D eigenvalue weighted by Gasteiger charge is 2.42. The van der Waals surface area contributed by atoms with Gasteiger partial charge in [0.25, 0.3) is 0 Å². The lowest BCUT2D eigenvalue weighted by Crippen LogP contribution is -2.20. The molecular formula is C14H21NO. The summed E-state index contributed by atoms with van der Waals surface area (Å²) in [5.41, 5.74) is 0. The molecule has 16 heavy (non-hydrogen) atoms. The van der Waals surface area contributed by atoms with Crippen LogP contribution in [0.2, 0.25) is 0 Å². The lowest BCUT2D eigenvalue weighted by molar-refractivity contribution is 0.311. The Morgan fingerprint density at radius 2 is 2.12 bits per heavy atom. The molecule has 2 nitrogen and oxygen atoms in total. The van der Waals surface area contributed by atoms with Gasteiger partial charge >= 0.3 is 0 Å². The number of hydrogen-bond acceptors (Lipinski definition) is 2. The molecule has 2 aliphatic rings. The van der Waals surface area contributed by atoms with Crippen molar-refractivity contribution in [2.24, 2.45) is 11.8 Å². The summed E-state index contributed by atoms with van der Waals surface area (Å²) in [6, 6.07) is 4.78. The van der Waals surface area contributed by atoms with Crippen LogP contribution in [0.1, 0.15) is 44.3 Å². The van der Waals surface area contributed by atoms with Gasteiger partial charge in [0.2, 0.25) is 0 Å². The van der Waals surface area contributed by atoms with Gasteiger partial charge in [-0.3, -0.25) is 0 Å². The molecule has 0 spiro atoms. The quantitative estimate of drug-likeness (QED) is 0.840. The van der Waals surface area contributed by atoms with Crippen molar-refractivity contribution in [3.63, 3.8) is 0 Å². The molecule has 2 fully saturated rings. The van der Waals surface area contributed by atoms with Crippen LogP contribution in [-0.4, -0.2) is 6.04 Å². The predicted molar refractivity (Wildman–Crippen MR) is 64.0 cm³/mol. The minimum Gasteiger partial charge on any atom is -0.468 e. The Labute approximate surface area is 97.4 Å². The van der Waals surface area contributed by atoms with Gasteiger partial charge in [0, 0.05) is 6.04 Å². The van der Waals surface area contributed by atoms with E-state index in [9.17, 15) is 0 Å². The van der Waals surface area contributed by atoms with Crippen LogP contribution < -0.4 is 5.32 Å². The highest BCUT2D eigenvalue weighted by molar-refractivity contribution is 5.02. The first-order valence-electron chi connectivity index (χ1n) is 6.69. The van der Waals surface area contributed by atoms with Gasteiger partial charge in [-0.25, -0.2) is 0 Å². The average Bonchev–Trinajstić information content (AvgIpc) is 2.93. The smallest absolute Gasteiger partial charge is 0.117 e. The monoisotopic (exact) mass is 219 g/mol. The third-order valence-electron chi connectivity index (χ3n) is 4.21. The molecule has 88 valence electrons. The molecule has 2 heteroatoms. The standard InChI is InChI=1S/C14H21NO/c1-2-5-11(6-3-1)13-9-14(13)15-10-12-7-4-8-16-12/h4,7-8,11,13-15H,1-3,5-6,9-10H2. The third-order valence-corrected chi connectivity index (χ3v) is 4.21. The molecule has 0 saturated heterocycles. The molecule has 0 aromatic carbocycles. The van der Waals surface area contributed by atoms with Crippen molar-refractivity contribution >= 4 is 0 Å². The highest BCUT2D eigenvalue weighted by Crippen LogP contribution is 2.44. The van der Waals surface area contributed by atoms with Crippen molar-refractivity contribution in [2.45, 2.75) is 51.1 Å². The van der Waals surface area contributed by atoms with Crippen molar-refractivity contribution in [3.8, 4) is 0 Å². The van der Waals surface area contributed by atoms with Crippen molar-refractivity contribution in [3.05, 3.63) is 24.2 Å². The van der Waals surface area contributed by atoms with Gasteiger partial charge < -0.3 is 9.73 Å². The number of hydrogen-bond donors (Lipinski definition) is 1. The fraction of sp³-hybridized carbons (Fsp3) is 0.714. The summed E-state index contributed by atoms with van der Waals surface area (Å²) in [6.07, 6.45) is 10.5. The maximum Gasteiger partial charge on any atom is 0.117 e. The van der Waals surface area contributed by atoms with E-state index >= 15 is 0 Å². The zero-order valence-electron chi connectivity index (χ0n) is 9.82. The summed E-state index contributed by atoms with van der Waals surface area (Å²) in [5.74, 6) is 3.05. The number of furan rings is 1. The predicted octanol–water partition coefficient (Wildman–Crippen LogP) is 3.34. The van der Waals surface area contributed by atoms with E-state index in [1.165, 1.54) is 38.5 Å². The van der Waals surface area contributed by atoms with E-state index in [2.05, 4.69) is 5.32 Å². The zero-order chi connectivity index (χ0) is 10.8. The number of rotatable bonds is 4. The molecule has 2 aliphatic carbocycles. The van der Waals surface area contributed by atoms with Crippen molar-refractivity contribution < 1.29 is 4.42 Å². The SMILES string of the molecule is c1coc(CNC2CC2C2CCCCC2)c1. The highest BCUT2D eigenvalue weighted by atomic mass is 16.3. The summed E-state index contributed by atoms with van der Waals surface area (Å²) in [7, 11) is 0. The lowest BCUT2D eigenvalue weighted by atomic mass is 9.85. The molecular weight excluding hydrogens is 198 g/mol. The summed E-state index contributed by atoms with van der Waals surface area (Å²) < 4.78 is 5.33. The van der Waals surface area contributed by atoms with E-state index in [1.54, 1.807) is 6.26 Å². The Morgan fingerprint density at radius 3 is 2.88 bits per heavy atom. The first kappa shape index (κ1) is 10.4. The Bertz CT molecular complexity index is 313. The van der Waals surface area contributed by atoms with E-state index in [0.29, 0.717) is 0 Å². The van der Waals surface area contributed by atoms with Crippen LogP contribution in [0, 0.1) is 11.8 Å². The van der Waals surface area contributed by atoms with Crippen LogP contribution in [0.15, 0.2) is 22.8 Å². The Kier molecular flexibility index (Phi) is 3.00. The summed E-state index contributed by atoms with van der Waals surface area (Å²) in [6.45, 7) is 0.904. The van der Waals surface area contributed by atoms with Crippen LogP contribution in [0.5, 0.6) is 0 Å². The average molecular weight is 219 g/mol.